The summed E-state index contributed by atoms with van der Waals surface area (Å²) in [5, 5.41) is 4.36. The molecule has 0 heterocycles. The van der Waals surface area contributed by atoms with Gasteiger partial charge in [-0.1, -0.05) is 0 Å². The lowest BCUT2D eigenvalue weighted by atomic mass is 10.4. The first-order valence-corrected chi connectivity index (χ1v) is 4.91. The highest BCUT2D eigenvalue weighted by Gasteiger charge is 2.07. The summed E-state index contributed by atoms with van der Waals surface area (Å²) < 4.78 is 28.5. The summed E-state index contributed by atoms with van der Waals surface area (Å²) >= 11 is 0. The predicted molar refractivity (Wildman–Crippen MR) is 43.2 cm³/mol. The molecule has 0 unspecified atom stereocenters. The summed E-state index contributed by atoms with van der Waals surface area (Å²) in [6.45, 7) is 3.46. The monoisotopic (exact) mass is 196 g/mol. The second-order valence-corrected chi connectivity index (χ2v) is 3.98. The molecule has 0 aromatic rings. The van der Waals surface area contributed by atoms with E-state index in [2.05, 4.69) is 5.32 Å². The number of amides is 2. The smallest absolute Gasteiger partial charge is 0.315 e. The Hall–Kier alpha value is -0.820. The fraction of sp³-hybridized carbons (Fsp3) is 0.800. The van der Waals surface area contributed by atoms with Crippen LogP contribution in [-0.2, 0) is 10.1 Å². The Morgan fingerprint density at radius 3 is 2.33 bits per heavy atom. The number of rotatable bonds is 3. The van der Waals surface area contributed by atoms with Crippen molar-refractivity contribution in [1.82, 2.24) is 10.6 Å². The van der Waals surface area contributed by atoms with E-state index in [1.165, 1.54) is 0 Å². The molecule has 0 aromatic heterocycles. The Kier molecular flexibility index (Phi) is 3.98. The van der Waals surface area contributed by atoms with Crippen LogP contribution in [0.2, 0.25) is 0 Å². The van der Waals surface area contributed by atoms with E-state index in [1.807, 2.05) is 5.32 Å². The van der Waals surface area contributed by atoms with Gasteiger partial charge in [0, 0.05) is 6.04 Å². The lowest BCUT2D eigenvalue weighted by Crippen LogP contribution is -2.41. The maximum absolute atomic E-state index is 10.7. The highest BCUT2D eigenvalue weighted by atomic mass is 32.2. The van der Waals surface area contributed by atoms with Crippen LogP contribution in [0.4, 0.5) is 4.79 Å². The van der Waals surface area contributed by atoms with Gasteiger partial charge < -0.3 is 10.6 Å². The lowest BCUT2D eigenvalue weighted by Gasteiger charge is -2.08. The summed E-state index contributed by atoms with van der Waals surface area (Å²) in [4.78, 5) is 10.7. The maximum Gasteiger partial charge on any atom is 0.315 e. The van der Waals surface area contributed by atoms with Crippen molar-refractivity contribution >= 4 is 16.1 Å². The molecule has 0 aromatic carbocycles. The van der Waals surface area contributed by atoms with Crippen LogP contribution in [-0.4, -0.2) is 30.9 Å². The van der Waals surface area contributed by atoms with Crippen molar-refractivity contribution in [3.05, 3.63) is 0 Å². The first-order valence-electron chi connectivity index (χ1n) is 3.31. The second-order valence-electron chi connectivity index (χ2n) is 2.53. The van der Waals surface area contributed by atoms with Gasteiger partial charge in [-0.25, -0.2) is 4.79 Å². The van der Waals surface area contributed by atoms with Crippen molar-refractivity contribution < 1.29 is 17.8 Å². The van der Waals surface area contributed by atoms with Crippen LogP contribution in [0, 0.1) is 0 Å². The summed E-state index contributed by atoms with van der Waals surface area (Å²) in [5.74, 6) is -0.772. The molecule has 0 aliphatic rings. The average molecular weight is 196 g/mol. The van der Waals surface area contributed by atoms with Gasteiger partial charge >= 0.3 is 6.03 Å². The Morgan fingerprint density at radius 2 is 2.00 bits per heavy atom. The molecule has 0 atom stereocenters. The molecule has 0 rings (SSSR count). The van der Waals surface area contributed by atoms with Crippen LogP contribution in [0.3, 0.4) is 0 Å². The highest BCUT2D eigenvalue weighted by Crippen LogP contribution is 1.79. The number of urea groups is 1. The second kappa shape index (κ2) is 4.27. The Bertz CT molecular complexity index is 246. The molecule has 0 radical (unpaired) electrons. The quantitative estimate of drug-likeness (QED) is 0.532. The Morgan fingerprint density at radius 1 is 1.50 bits per heavy atom. The van der Waals surface area contributed by atoms with Crippen molar-refractivity contribution in [1.29, 1.82) is 0 Å². The molecule has 72 valence electrons. The largest absolute Gasteiger partial charge is 0.336 e. The van der Waals surface area contributed by atoms with Gasteiger partial charge in [0.1, 0.15) is 5.88 Å². The zero-order valence-electron chi connectivity index (χ0n) is 6.86. The Balaban J connectivity index is 3.73. The van der Waals surface area contributed by atoms with Gasteiger partial charge in [0.2, 0.25) is 0 Å². The third-order valence-corrected chi connectivity index (χ3v) is 1.34. The minimum atomic E-state index is -4.13. The average Bonchev–Trinajstić information content (AvgIpc) is 1.80. The van der Waals surface area contributed by atoms with E-state index in [0.717, 1.165) is 0 Å². The van der Waals surface area contributed by atoms with Gasteiger partial charge in [-0.3, -0.25) is 4.55 Å². The number of hydrogen-bond acceptors (Lipinski definition) is 3. The minimum Gasteiger partial charge on any atom is -0.336 e. The zero-order valence-corrected chi connectivity index (χ0v) is 7.68. The topological polar surface area (TPSA) is 95.5 Å². The van der Waals surface area contributed by atoms with E-state index in [4.69, 9.17) is 4.55 Å². The van der Waals surface area contributed by atoms with Crippen molar-refractivity contribution in [2.45, 2.75) is 19.9 Å². The molecular formula is C5H12N2O4S. The molecule has 0 spiro atoms. The zero-order chi connectivity index (χ0) is 9.78. The number of hydrogen-bond donors (Lipinski definition) is 3. The predicted octanol–water partition coefficient (Wildman–Crippen LogP) is -0.461. The minimum absolute atomic E-state index is 0.0774. The van der Waals surface area contributed by atoms with Crippen molar-refractivity contribution in [3.63, 3.8) is 0 Å². The molecule has 0 aliphatic carbocycles. The van der Waals surface area contributed by atoms with E-state index in [0.29, 0.717) is 0 Å². The van der Waals surface area contributed by atoms with Crippen LogP contribution in [0.15, 0.2) is 0 Å². The van der Waals surface area contributed by atoms with Gasteiger partial charge in [-0.2, -0.15) is 8.42 Å². The van der Waals surface area contributed by atoms with Crippen molar-refractivity contribution in [2.24, 2.45) is 0 Å². The van der Waals surface area contributed by atoms with Crippen molar-refractivity contribution in [3.8, 4) is 0 Å². The normalized spacial score (nSPS) is 11.3. The number of carbonyl (C=O) groups is 1. The van der Waals surface area contributed by atoms with Crippen LogP contribution in [0.25, 0.3) is 0 Å². The van der Waals surface area contributed by atoms with Gasteiger partial charge in [-0.05, 0) is 13.8 Å². The van der Waals surface area contributed by atoms with Crippen molar-refractivity contribution in [2.75, 3.05) is 5.88 Å². The molecule has 7 heteroatoms. The molecular weight excluding hydrogens is 184 g/mol. The van der Waals surface area contributed by atoms with Crippen LogP contribution < -0.4 is 10.6 Å². The lowest BCUT2D eigenvalue weighted by molar-refractivity contribution is 0.239. The Labute approximate surface area is 71.1 Å². The van der Waals surface area contributed by atoms with Gasteiger partial charge in [0.15, 0.2) is 0 Å². The maximum atomic E-state index is 10.7. The van der Waals surface area contributed by atoms with E-state index in [-0.39, 0.29) is 6.04 Å². The van der Waals surface area contributed by atoms with Gasteiger partial charge in [-0.15, -0.1) is 0 Å². The third kappa shape index (κ3) is 7.29. The van der Waals surface area contributed by atoms with E-state index in [9.17, 15) is 13.2 Å². The van der Waals surface area contributed by atoms with Crippen LogP contribution in [0.5, 0.6) is 0 Å². The summed E-state index contributed by atoms with van der Waals surface area (Å²) in [5.41, 5.74) is 0. The fourth-order valence-electron chi connectivity index (χ4n) is 0.470. The van der Waals surface area contributed by atoms with E-state index >= 15 is 0 Å². The van der Waals surface area contributed by atoms with E-state index < -0.39 is 22.0 Å². The van der Waals surface area contributed by atoms with Gasteiger partial charge in [0.25, 0.3) is 10.1 Å². The van der Waals surface area contributed by atoms with Gasteiger partial charge in [0.05, 0.1) is 0 Å². The fourth-order valence-corrected chi connectivity index (χ4v) is 0.783. The summed E-state index contributed by atoms with van der Waals surface area (Å²) in [7, 11) is -4.13. The highest BCUT2D eigenvalue weighted by molar-refractivity contribution is 7.85. The van der Waals surface area contributed by atoms with Crippen LogP contribution in [0.1, 0.15) is 13.8 Å². The summed E-state index contributed by atoms with van der Waals surface area (Å²) in [6, 6.07) is -0.700. The molecule has 0 saturated carbocycles. The number of carbonyl (C=O) groups excluding carboxylic acids is 1. The molecule has 12 heavy (non-hydrogen) atoms. The first-order chi connectivity index (χ1) is 5.31. The SMILES string of the molecule is CC(C)NC(=O)NCS(=O)(=O)O. The molecule has 0 bridgehead atoms. The molecule has 0 saturated heterocycles. The third-order valence-electron chi connectivity index (χ3n) is 0.835. The molecule has 0 fully saturated rings. The number of nitrogens with one attached hydrogen (secondary N) is 2. The summed E-state index contributed by atoms with van der Waals surface area (Å²) in [6.07, 6.45) is 0. The molecule has 6 nitrogen and oxygen atoms in total. The molecule has 0 aliphatic heterocycles. The van der Waals surface area contributed by atoms with Crippen LogP contribution >= 0.6 is 0 Å². The molecule has 3 N–H and O–H groups in total. The standard InChI is InChI=1S/C5H12N2O4S/c1-4(2)7-5(8)6-3-12(9,10)11/h4H,3H2,1-2H3,(H2,6,7,8)(H,9,10,11). The first kappa shape index (κ1) is 11.2. The molecule has 2 amide bonds. The van der Waals surface area contributed by atoms with E-state index in [1.54, 1.807) is 13.8 Å².